The highest BCUT2D eigenvalue weighted by Crippen LogP contribution is 2.22. The Morgan fingerprint density at radius 2 is 1.95 bits per heavy atom. The van der Waals surface area contributed by atoms with Crippen molar-refractivity contribution < 1.29 is 4.39 Å². The SMILES string of the molecule is Cc1ccn2cc(-c3ccc(F)cc3)nc2c1C#N. The molecule has 3 nitrogen and oxygen atoms in total. The van der Waals surface area contributed by atoms with E-state index in [1.807, 2.05) is 29.8 Å². The second kappa shape index (κ2) is 4.21. The number of halogens is 1. The average molecular weight is 251 g/mol. The molecular formula is C15H10FN3. The summed E-state index contributed by atoms with van der Waals surface area (Å²) in [4.78, 5) is 4.46. The van der Waals surface area contributed by atoms with E-state index in [0.29, 0.717) is 11.2 Å². The molecule has 0 amide bonds. The van der Waals surface area contributed by atoms with Gasteiger partial charge in [-0.15, -0.1) is 0 Å². The number of benzene rings is 1. The Hall–Kier alpha value is -2.67. The van der Waals surface area contributed by atoms with Gasteiger partial charge in [-0.2, -0.15) is 5.26 Å². The van der Waals surface area contributed by atoms with E-state index in [1.54, 1.807) is 12.1 Å². The lowest BCUT2D eigenvalue weighted by Crippen LogP contribution is -1.90. The van der Waals surface area contributed by atoms with Gasteiger partial charge in [0, 0.05) is 18.0 Å². The summed E-state index contributed by atoms with van der Waals surface area (Å²) < 4.78 is 14.7. The molecule has 19 heavy (non-hydrogen) atoms. The zero-order chi connectivity index (χ0) is 13.4. The first-order valence-electron chi connectivity index (χ1n) is 5.83. The quantitative estimate of drug-likeness (QED) is 0.665. The molecule has 0 spiro atoms. The molecule has 0 aliphatic carbocycles. The molecule has 92 valence electrons. The molecule has 0 N–H and O–H groups in total. The fourth-order valence-corrected chi connectivity index (χ4v) is 2.04. The maximum Gasteiger partial charge on any atom is 0.155 e. The standard InChI is InChI=1S/C15H10FN3/c1-10-6-7-19-9-14(18-15(19)13(10)8-17)11-2-4-12(16)5-3-11/h2-7,9H,1H3. The lowest BCUT2D eigenvalue weighted by Gasteiger charge is -1.98. The van der Waals surface area contributed by atoms with Crippen LogP contribution in [0.25, 0.3) is 16.9 Å². The highest BCUT2D eigenvalue weighted by Gasteiger charge is 2.10. The number of nitriles is 1. The van der Waals surface area contributed by atoms with Crippen molar-refractivity contribution in [1.29, 1.82) is 5.26 Å². The molecule has 4 heteroatoms. The minimum absolute atomic E-state index is 0.277. The van der Waals surface area contributed by atoms with Crippen molar-refractivity contribution in [3.63, 3.8) is 0 Å². The molecule has 1 aromatic carbocycles. The van der Waals surface area contributed by atoms with Crippen LogP contribution in [0, 0.1) is 24.1 Å². The minimum atomic E-state index is -0.277. The first kappa shape index (κ1) is 11.4. The molecule has 0 saturated heterocycles. The van der Waals surface area contributed by atoms with Crippen LogP contribution in [0.4, 0.5) is 4.39 Å². The number of nitrogens with zero attached hydrogens (tertiary/aromatic N) is 3. The molecule has 0 unspecified atom stereocenters. The van der Waals surface area contributed by atoms with Crippen LogP contribution in [0.1, 0.15) is 11.1 Å². The van der Waals surface area contributed by atoms with Gasteiger partial charge in [-0.3, -0.25) is 0 Å². The molecule has 3 aromatic rings. The largest absolute Gasteiger partial charge is 0.305 e. The maximum absolute atomic E-state index is 12.9. The number of aromatic nitrogens is 2. The van der Waals surface area contributed by atoms with Crippen molar-refractivity contribution in [2.75, 3.05) is 0 Å². The summed E-state index contributed by atoms with van der Waals surface area (Å²) in [6.45, 7) is 1.88. The molecule has 0 fully saturated rings. The predicted octanol–water partition coefficient (Wildman–Crippen LogP) is 3.32. The first-order chi connectivity index (χ1) is 9.19. The lowest BCUT2D eigenvalue weighted by molar-refractivity contribution is 0.628. The van der Waals surface area contributed by atoms with Crippen molar-refractivity contribution in [3.8, 4) is 17.3 Å². The summed E-state index contributed by atoms with van der Waals surface area (Å²) in [5.74, 6) is -0.277. The molecule has 0 radical (unpaired) electrons. The van der Waals surface area contributed by atoms with Gasteiger partial charge in [-0.05, 0) is 42.8 Å². The van der Waals surface area contributed by atoms with Crippen LogP contribution in [0.5, 0.6) is 0 Å². The van der Waals surface area contributed by atoms with Crippen LogP contribution < -0.4 is 0 Å². The van der Waals surface area contributed by atoms with Crippen molar-refractivity contribution in [3.05, 3.63) is 59.7 Å². The van der Waals surface area contributed by atoms with E-state index in [2.05, 4.69) is 11.1 Å². The van der Waals surface area contributed by atoms with E-state index in [1.165, 1.54) is 12.1 Å². The number of pyridine rings is 1. The van der Waals surface area contributed by atoms with E-state index in [-0.39, 0.29) is 5.82 Å². The number of hydrogen-bond acceptors (Lipinski definition) is 2. The molecule has 2 heterocycles. The molecule has 0 aliphatic rings. The third-order valence-corrected chi connectivity index (χ3v) is 3.09. The average Bonchev–Trinajstić information content (AvgIpc) is 2.83. The summed E-state index contributed by atoms with van der Waals surface area (Å²) in [6, 6.07) is 10.2. The number of rotatable bonds is 1. The first-order valence-corrected chi connectivity index (χ1v) is 5.83. The van der Waals surface area contributed by atoms with E-state index < -0.39 is 0 Å². The second-order valence-corrected chi connectivity index (χ2v) is 4.35. The highest BCUT2D eigenvalue weighted by molar-refractivity contribution is 5.67. The van der Waals surface area contributed by atoms with Crippen molar-refractivity contribution >= 4 is 5.65 Å². The molecule has 0 bridgehead atoms. The van der Waals surface area contributed by atoms with Gasteiger partial charge in [-0.1, -0.05) is 0 Å². The van der Waals surface area contributed by atoms with Crippen molar-refractivity contribution in [2.24, 2.45) is 0 Å². The van der Waals surface area contributed by atoms with E-state index >= 15 is 0 Å². The minimum Gasteiger partial charge on any atom is -0.305 e. The smallest absolute Gasteiger partial charge is 0.155 e. The van der Waals surface area contributed by atoms with Gasteiger partial charge < -0.3 is 4.40 Å². The Bertz CT molecular complexity index is 795. The van der Waals surface area contributed by atoms with Gasteiger partial charge in [0.1, 0.15) is 11.9 Å². The van der Waals surface area contributed by atoms with Gasteiger partial charge >= 0.3 is 0 Å². The number of aryl methyl sites for hydroxylation is 1. The molecular weight excluding hydrogens is 241 g/mol. The number of imidazole rings is 1. The summed E-state index contributed by atoms with van der Waals surface area (Å²) in [5, 5.41) is 9.18. The van der Waals surface area contributed by atoms with Gasteiger partial charge in [0.25, 0.3) is 0 Å². The van der Waals surface area contributed by atoms with E-state index in [9.17, 15) is 9.65 Å². The van der Waals surface area contributed by atoms with Crippen LogP contribution in [0.15, 0.2) is 42.7 Å². The van der Waals surface area contributed by atoms with Crippen LogP contribution in [-0.4, -0.2) is 9.38 Å². The Balaban J connectivity index is 2.22. The van der Waals surface area contributed by atoms with Gasteiger partial charge in [-0.25, -0.2) is 9.37 Å². The van der Waals surface area contributed by atoms with E-state index in [4.69, 9.17) is 0 Å². The maximum atomic E-state index is 12.9. The molecule has 3 rings (SSSR count). The van der Waals surface area contributed by atoms with Crippen LogP contribution >= 0.6 is 0 Å². The van der Waals surface area contributed by atoms with E-state index in [0.717, 1.165) is 16.8 Å². The summed E-state index contributed by atoms with van der Waals surface area (Å²) in [5.41, 5.74) is 3.64. The molecule has 0 aliphatic heterocycles. The predicted molar refractivity (Wildman–Crippen MR) is 70.0 cm³/mol. The Morgan fingerprint density at radius 1 is 1.21 bits per heavy atom. The fraction of sp³-hybridized carbons (Fsp3) is 0.0667. The van der Waals surface area contributed by atoms with Gasteiger partial charge in [0.05, 0.1) is 11.3 Å². The normalized spacial score (nSPS) is 10.6. The zero-order valence-corrected chi connectivity index (χ0v) is 10.3. The monoisotopic (exact) mass is 251 g/mol. The molecule has 2 aromatic heterocycles. The van der Waals surface area contributed by atoms with Crippen LogP contribution in [0.3, 0.4) is 0 Å². The second-order valence-electron chi connectivity index (χ2n) is 4.35. The van der Waals surface area contributed by atoms with Gasteiger partial charge in [0.15, 0.2) is 5.65 Å². The zero-order valence-electron chi connectivity index (χ0n) is 10.3. The van der Waals surface area contributed by atoms with Crippen LogP contribution in [-0.2, 0) is 0 Å². The van der Waals surface area contributed by atoms with Crippen molar-refractivity contribution in [2.45, 2.75) is 6.92 Å². The third kappa shape index (κ3) is 1.85. The molecule has 0 atom stereocenters. The summed E-state index contributed by atoms with van der Waals surface area (Å²) >= 11 is 0. The Kier molecular flexibility index (Phi) is 2.53. The number of hydrogen-bond donors (Lipinski definition) is 0. The van der Waals surface area contributed by atoms with Crippen molar-refractivity contribution in [1.82, 2.24) is 9.38 Å². The summed E-state index contributed by atoms with van der Waals surface area (Å²) in [6.07, 6.45) is 3.70. The Labute approximate surface area is 109 Å². The Morgan fingerprint density at radius 3 is 2.63 bits per heavy atom. The highest BCUT2D eigenvalue weighted by atomic mass is 19.1. The molecule has 0 saturated carbocycles. The topological polar surface area (TPSA) is 41.1 Å². The third-order valence-electron chi connectivity index (χ3n) is 3.09. The fourth-order valence-electron chi connectivity index (χ4n) is 2.04. The number of fused-ring (bicyclic) bond motifs is 1. The van der Waals surface area contributed by atoms with Crippen LogP contribution in [0.2, 0.25) is 0 Å². The lowest BCUT2D eigenvalue weighted by atomic mass is 10.2. The van der Waals surface area contributed by atoms with Gasteiger partial charge in [0.2, 0.25) is 0 Å². The summed E-state index contributed by atoms with van der Waals surface area (Å²) in [7, 11) is 0.